The van der Waals surface area contributed by atoms with Gasteiger partial charge in [-0.15, -0.1) is 0 Å². The van der Waals surface area contributed by atoms with E-state index in [-0.39, 0.29) is 33.9 Å². The molecule has 0 bridgehead atoms. The Balaban J connectivity index is 1.81. The van der Waals surface area contributed by atoms with E-state index in [4.69, 9.17) is 16.3 Å². The van der Waals surface area contributed by atoms with Crippen molar-refractivity contribution in [3.8, 4) is 0 Å². The molecule has 0 unspecified atom stereocenters. The molecule has 8 heteroatoms. The van der Waals surface area contributed by atoms with E-state index in [1.807, 2.05) is 0 Å². The van der Waals surface area contributed by atoms with Gasteiger partial charge in [-0.2, -0.15) is 0 Å². The molecule has 1 heterocycles. The van der Waals surface area contributed by atoms with E-state index in [9.17, 15) is 18.8 Å². The summed E-state index contributed by atoms with van der Waals surface area (Å²) in [7, 11) is 1.54. The molecule has 0 atom stereocenters. The molecule has 1 N–H and O–H groups in total. The number of imide groups is 1. The zero-order valence-electron chi connectivity index (χ0n) is 14.4. The summed E-state index contributed by atoms with van der Waals surface area (Å²) in [5.41, 5.74) is 0.448. The van der Waals surface area contributed by atoms with Crippen LogP contribution in [0, 0.1) is 5.82 Å². The van der Waals surface area contributed by atoms with Crippen molar-refractivity contribution in [1.29, 1.82) is 0 Å². The molecule has 3 amide bonds. The lowest BCUT2D eigenvalue weighted by Crippen LogP contribution is -2.31. The zero-order valence-corrected chi connectivity index (χ0v) is 15.2. The summed E-state index contributed by atoms with van der Waals surface area (Å²) < 4.78 is 18.7. The first kappa shape index (κ1) is 19.0. The molecule has 2 aromatic rings. The zero-order chi connectivity index (χ0) is 19.6. The standard InChI is InChI=1S/C19H16ClFN2O4/c1-27-8-2-7-23-18(25)13-5-3-11(9-14(13)19(23)26)17(24)22-16-10-12(20)4-6-15(16)21/h3-6,9-10H,2,7-8H2,1H3,(H,22,24). The van der Waals surface area contributed by atoms with E-state index in [2.05, 4.69) is 5.32 Å². The molecular weight excluding hydrogens is 375 g/mol. The molecule has 0 aromatic heterocycles. The maximum atomic E-state index is 13.8. The second-order valence-corrected chi connectivity index (χ2v) is 6.38. The Kier molecular flexibility index (Phi) is 5.53. The van der Waals surface area contributed by atoms with Crippen molar-refractivity contribution in [1.82, 2.24) is 4.90 Å². The van der Waals surface area contributed by atoms with Gasteiger partial charge in [0.15, 0.2) is 0 Å². The van der Waals surface area contributed by atoms with Crippen molar-refractivity contribution in [2.45, 2.75) is 6.42 Å². The molecule has 2 aromatic carbocycles. The fourth-order valence-corrected chi connectivity index (χ4v) is 2.96. The largest absolute Gasteiger partial charge is 0.385 e. The van der Waals surface area contributed by atoms with Crippen molar-refractivity contribution in [2.75, 3.05) is 25.6 Å². The third kappa shape index (κ3) is 3.84. The lowest BCUT2D eigenvalue weighted by molar-refractivity contribution is 0.0638. The summed E-state index contributed by atoms with van der Waals surface area (Å²) in [6.45, 7) is 0.654. The fourth-order valence-electron chi connectivity index (χ4n) is 2.79. The Morgan fingerprint density at radius 2 is 1.89 bits per heavy atom. The van der Waals surface area contributed by atoms with Crippen LogP contribution in [0.15, 0.2) is 36.4 Å². The number of amides is 3. The van der Waals surface area contributed by atoms with Crippen molar-refractivity contribution in [3.63, 3.8) is 0 Å². The molecule has 3 rings (SSSR count). The first-order valence-corrected chi connectivity index (χ1v) is 8.55. The number of methoxy groups -OCH3 is 1. The number of nitrogens with one attached hydrogen (secondary N) is 1. The molecule has 0 fully saturated rings. The predicted octanol–water partition coefficient (Wildman–Crippen LogP) is 3.36. The van der Waals surface area contributed by atoms with Gasteiger partial charge in [0.25, 0.3) is 17.7 Å². The van der Waals surface area contributed by atoms with Crippen LogP contribution >= 0.6 is 11.6 Å². The lowest BCUT2D eigenvalue weighted by atomic mass is 10.1. The Labute approximate surface area is 159 Å². The van der Waals surface area contributed by atoms with Crippen LogP contribution in [0.25, 0.3) is 0 Å². The van der Waals surface area contributed by atoms with Gasteiger partial charge in [0.2, 0.25) is 0 Å². The third-order valence-electron chi connectivity index (χ3n) is 4.14. The maximum Gasteiger partial charge on any atom is 0.261 e. The summed E-state index contributed by atoms with van der Waals surface area (Å²) >= 11 is 5.81. The number of ether oxygens (including phenoxy) is 1. The van der Waals surface area contributed by atoms with Crippen LogP contribution in [-0.2, 0) is 4.74 Å². The van der Waals surface area contributed by atoms with Gasteiger partial charge in [-0.1, -0.05) is 11.6 Å². The number of anilines is 1. The minimum Gasteiger partial charge on any atom is -0.385 e. The molecule has 0 radical (unpaired) electrons. The van der Waals surface area contributed by atoms with Crippen LogP contribution in [0.3, 0.4) is 0 Å². The van der Waals surface area contributed by atoms with Gasteiger partial charge in [-0.05, 0) is 42.8 Å². The van der Waals surface area contributed by atoms with E-state index in [0.717, 1.165) is 11.0 Å². The smallest absolute Gasteiger partial charge is 0.261 e. The molecule has 0 aliphatic carbocycles. The van der Waals surface area contributed by atoms with Gasteiger partial charge in [0.1, 0.15) is 5.82 Å². The minimum absolute atomic E-state index is 0.0726. The van der Waals surface area contributed by atoms with E-state index >= 15 is 0 Å². The molecule has 1 aliphatic rings. The Bertz CT molecular complexity index is 932. The van der Waals surface area contributed by atoms with Crippen LogP contribution in [0.2, 0.25) is 5.02 Å². The molecule has 0 saturated heterocycles. The molecular formula is C19H16ClFN2O4. The monoisotopic (exact) mass is 390 g/mol. The highest BCUT2D eigenvalue weighted by molar-refractivity contribution is 6.31. The average Bonchev–Trinajstić information content (AvgIpc) is 2.89. The van der Waals surface area contributed by atoms with Gasteiger partial charge >= 0.3 is 0 Å². The Hall–Kier alpha value is -2.77. The SMILES string of the molecule is COCCCN1C(=O)c2ccc(C(=O)Nc3cc(Cl)ccc3F)cc2C1=O. The van der Waals surface area contributed by atoms with Gasteiger partial charge in [-0.25, -0.2) is 4.39 Å². The number of hydrogen-bond donors (Lipinski definition) is 1. The number of benzene rings is 2. The number of hydrogen-bond acceptors (Lipinski definition) is 4. The van der Waals surface area contributed by atoms with Crippen molar-refractivity contribution < 1.29 is 23.5 Å². The number of fused-ring (bicyclic) bond motifs is 1. The normalized spacial score (nSPS) is 13.1. The van der Waals surface area contributed by atoms with Crippen molar-refractivity contribution in [3.05, 3.63) is 63.9 Å². The fraction of sp³-hybridized carbons (Fsp3) is 0.211. The number of rotatable bonds is 6. The van der Waals surface area contributed by atoms with Gasteiger partial charge in [0.05, 0.1) is 16.8 Å². The highest BCUT2D eigenvalue weighted by atomic mass is 35.5. The van der Waals surface area contributed by atoms with Crippen LogP contribution in [0.1, 0.15) is 37.5 Å². The second-order valence-electron chi connectivity index (χ2n) is 5.95. The van der Waals surface area contributed by atoms with Crippen molar-refractivity contribution in [2.24, 2.45) is 0 Å². The number of carbonyl (C=O) groups is 3. The Morgan fingerprint density at radius 3 is 2.63 bits per heavy atom. The van der Waals surface area contributed by atoms with E-state index < -0.39 is 23.5 Å². The summed E-state index contributed by atoms with van der Waals surface area (Å²) in [6.07, 6.45) is 0.517. The van der Waals surface area contributed by atoms with Crippen LogP contribution in [0.4, 0.5) is 10.1 Å². The molecule has 0 saturated carbocycles. The molecule has 1 aliphatic heterocycles. The van der Waals surface area contributed by atoms with Crippen LogP contribution in [-0.4, -0.2) is 42.9 Å². The summed E-state index contributed by atoms with van der Waals surface area (Å²) in [5.74, 6) is -2.12. The first-order chi connectivity index (χ1) is 12.9. The van der Waals surface area contributed by atoms with Crippen molar-refractivity contribution >= 4 is 35.0 Å². The molecule has 27 heavy (non-hydrogen) atoms. The average molecular weight is 391 g/mol. The molecule has 140 valence electrons. The molecule has 6 nitrogen and oxygen atoms in total. The third-order valence-corrected chi connectivity index (χ3v) is 4.37. The number of halogens is 2. The van der Waals surface area contributed by atoms with Gasteiger partial charge < -0.3 is 10.1 Å². The van der Waals surface area contributed by atoms with E-state index in [1.165, 1.54) is 37.4 Å². The quantitative estimate of drug-likeness (QED) is 0.606. The van der Waals surface area contributed by atoms with E-state index in [1.54, 1.807) is 0 Å². The second kappa shape index (κ2) is 7.85. The van der Waals surface area contributed by atoms with E-state index in [0.29, 0.717) is 13.0 Å². The van der Waals surface area contributed by atoms with Gasteiger partial charge in [-0.3, -0.25) is 19.3 Å². The van der Waals surface area contributed by atoms with Gasteiger partial charge in [0, 0.05) is 30.8 Å². The summed E-state index contributed by atoms with van der Waals surface area (Å²) in [6, 6.07) is 7.97. The van der Waals surface area contributed by atoms with Crippen LogP contribution < -0.4 is 5.32 Å². The minimum atomic E-state index is -0.635. The summed E-state index contributed by atoms with van der Waals surface area (Å²) in [4.78, 5) is 38.4. The number of nitrogens with zero attached hydrogens (tertiary/aromatic N) is 1. The maximum absolute atomic E-state index is 13.8. The highest BCUT2D eigenvalue weighted by Crippen LogP contribution is 2.25. The topological polar surface area (TPSA) is 75.7 Å². The molecule has 0 spiro atoms. The Morgan fingerprint density at radius 1 is 1.15 bits per heavy atom. The first-order valence-electron chi connectivity index (χ1n) is 8.18. The summed E-state index contributed by atoms with van der Waals surface area (Å²) in [5, 5.41) is 2.68. The highest BCUT2D eigenvalue weighted by Gasteiger charge is 2.35. The predicted molar refractivity (Wildman–Crippen MR) is 97.7 cm³/mol. The lowest BCUT2D eigenvalue weighted by Gasteiger charge is -2.12. The van der Waals surface area contributed by atoms with Crippen LogP contribution in [0.5, 0.6) is 0 Å². The number of carbonyl (C=O) groups excluding carboxylic acids is 3.